The molecule has 0 radical (unpaired) electrons. The number of methoxy groups -OCH3 is 1. The van der Waals surface area contributed by atoms with Gasteiger partial charge in [0.2, 0.25) is 0 Å². The van der Waals surface area contributed by atoms with Gasteiger partial charge in [-0.1, -0.05) is 19.9 Å². The molecule has 110 valence electrons. The molecule has 0 bridgehead atoms. The first-order chi connectivity index (χ1) is 9.35. The van der Waals surface area contributed by atoms with Crippen LogP contribution in [0.2, 0.25) is 0 Å². The van der Waals surface area contributed by atoms with Gasteiger partial charge < -0.3 is 15.6 Å². The molecule has 0 aromatic heterocycles. The van der Waals surface area contributed by atoms with Crippen LogP contribution in [0.3, 0.4) is 0 Å². The molecular weight excluding hydrogens is 258 g/mol. The van der Waals surface area contributed by atoms with Crippen LogP contribution in [0.4, 0.5) is 0 Å². The van der Waals surface area contributed by atoms with E-state index in [-0.39, 0.29) is 23.5 Å². The van der Waals surface area contributed by atoms with E-state index in [2.05, 4.69) is 4.74 Å². The van der Waals surface area contributed by atoms with Crippen LogP contribution in [0.1, 0.15) is 36.2 Å². The predicted molar refractivity (Wildman–Crippen MR) is 75.6 cm³/mol. The summed E-state index contributed by atoms with van der Waals surface area (Å²) in [4.78, 5) is 23.4. The molecule has 3 N–H and O–H groups in total. The summed E-state index contributed by atoms with van der Waals surface area (Å²) in [5.41, 5.74) is 6.51. The highest BCUT2D eigenvalue weighted by Crippen LogP contribution is 2.20. The quantitative estimate of drug-likeness (QED) is 0.773. The lowest BCUT2D eigenvalue weighted by atomic mass is 9.96. The van der Waals surface area contributed by atoms with E-state index >= 15 is 0 Å². The minimum atomic E-state index is -0.636. The summed E-state index contributed by atoms with van der Waals surface area (Å²) in [6.45, 7) is 4.01. The second-order valence-electron chi connectivity index (χ2n) is 5.22. The normalized spacial score (nSPS) is 12.2. The Morgan fingerprint density at radius 1 is 1.35 bits per heavy atom. The van der Waals surface area contributed by atoms with E-state index in [4.69, 9.17) is 5.73 Å². The number of phenols is 1. The largest absolute Gasteiger partial charge is 0.507 e. The maximum Gasteiger partial charge on any atom is 0.341 e. The molecule has 1 aromatic carbocycles. The molecule has 0 aliphatic rings. The van der Waals surface area contributed by atoms with Crippen LogP contribution in [-0.2, 0) is 16.0 Å². The van der Waals surface area contributed by atoms with Crippen molar-refractivity contribution < 1.29 is 19.4 Å². The van der Waals surface area contributed by atoms with Crippen molar-refractivity contribution in [2.75, 3.05) is 7.11 Å². The number of carbonyl (C=O) groups is 2. The number of hydrogen-bond donors (Lipinski definition) is 2. The third-order valence-corrected chi connectivity index (χ3v) is 2.98. The number of aromatic hydroxyl groups is 1. The molecule has 1 atom stereocenters. The zero-order valence-corrected chi connectivity index (χ0v) is 12.1. The van der Waals surface area contributed by atoms with Crippen molar-refractivity contribution in [1.82, 2.24) is 0 Å². The molecule has 0 aliphatic heterocycles. The fourth-order valence-corrected chi connectivity index (χ4v) is 1.94. The van der Waals surface area contributed by atoms with Gasteiger partial charge in [-0.3, -0.25) is 4.79 Å². The third-order valence-electron chi connectivity index (χ3n) is 2.98. The number of phenolic OH excluding ortho intramolecular Hbond substituents is 1. The van der Waals surface area contributed by atoms with Crippen molar-refractivity contribution in [1.29, 1.82) is 0 Å². The van der Waals surface area contributed by atoms with Crippen molar-refractivity contribution in [2.45, 2.75) is 32.7 Å². The summed E-state index contributed by atoms with van der Waals surface area (Å²) in [7, 11) is 1.23. The highest BCUT2D eigenvalue weighted by molar-refractivity contribution is 5.93. The summed E-state index contributed by atoms with van der Waals surface area (Å²) in [6.07, 6.45) is 0.763. The SMILES string of the molecule is COC(=O)c1cc(CC(=O)C(N)CC(C)C)ccc1O. The van der Waals surface area contributed by atoms with Gasteiger partial charge in [0.15, 0.2) is 5.78 Å². The van der Waals surface area contributed by atoms with Gasteiger partial charge in [0.05, 0.1) is 13.2 Å². The van der Waals surface area contributed by atoms with Crippen molar-refractivity contribution in [3.05, 3.63) is 29.3 Å². The van der Waals surface area contributed by atoms with E-state index in [9.17, 15) is 14.7 Å². The summed E-state index contributed by atoms with van der Waals surface area (Å²) < 4.78 is 4.57. The number of carbonyl (C=O) groups excluding carboxylic acids is 2. The number of ether oxygens (including phenoxy) is 1. The molecule has 20 heavy (non-hydrogen) atoms. The Kier molecular flexibility index (Phi) is 5.70. The number of benzene rings is 1. The van der Waals surface area contributed by atoms with Crippen molar-refractivity contribution in [3.8, 4) is 5.75 Å². The summed E-state index contributed by atoms with van der Waals surface area (Å²) in [5.74, 6) is -0.539. The first-order valence-corrected chi connectivity index (χ1v) is 6.53. The summed E-state index contributed by atoms with van der Waals surface area (Å²) >= 11 is 0. The standard InChI is InChI=1S/C15H21NO4/c1-9(2)6-12(16)14(18)8-10-4-5-13(17)11(7-10)15(19)20-3/h4-5,7,9,12,17H,6,8,16H2,1-3H3. The Bertz CT molecular complexity index is 497. The highest BCUT2D eigenvalue weighted by Gasteiger charge is 2.17. The van der Waals surface area contributed by atoms with Gasteiger partial charge in [0, 0.05) is 6.42 Å². The fraction of sp³-hybridized carbons (Fsp3) is 0.467. The lowest BCUT2D eigenvalue weighted by Crippen LogP contribution is -2.33. The van der Waals surface area contributed by atoms with Crippen LogP contribution in [0, 0.1) is 5.92 Å². The minimum absolute atomic E-state index is 0.0511. The average molecular weight is 279 g/mol. The van der Waals surface area contributed by atoms with E-state index in [1.807, 2.05) is 13.8 Å². The average Bonchev–Trinajstić information content (AvgIpc) is 2.39. The fourth-order valence-electron chi connectivity index (χ4n) is 1.94. The third kappa shape index (κ3) is 4.35. The van der Waals surface area contributed by atoms with Gasteiger partial charge in [-0.25, -0.2) is 4.79 Å². The van der Waals surface area contributed by atoms with Crippen molar-refractivity contribution in [2.24, 2.45) is 11.7 Å². The maximum atomic E-state index is 12.0. The number of ketones is 1. The number of Topliss-reactive ketones (excluding diaryl/α,β-unsaturated/α-hetero) is 1. The first-order valence-electron chi connectivity index (χ1n) is 6.53. The monoisotopic (exact) mass is 279 g/mol. The van der Waals surface area contributed by atoms with Crippen molar-refractivity contribution in [3.63, 3.8) is 0 Å². The van der Waals surface area contributed by atoms with Gasteiger partial charge in [0.25, 0.3) is 0 Å². The topological polar surface area (TPSA) is 89.6 Å². The zero-order chi connectivity index (χ0) is 15.3. The van der Waals surface area contributed by atoms with E-state index in [1.165, 1.54) is 19.2 Å². The van der Waals surface area contributed by atoms with Crippen LogP contribution >= 0.6 is 0 Å². The van der Waals surface area contributed by atoms with Gasteiger partial charge in [-0.2, -0.15) is 0 Å². The number of esters is 1. The van der Waals surface area contributed by atoms with E-state index in [1.54, 1.807) is 6.07 Å². The number of rotatable bonds is 6. The Balaban J connectivity index is 2.83. The Labute approximate surface area is 118 Å². The molecule has 0 aliphatic carbocycles. The van der Waals surface area contributed by atoms with Gasteiger partial charge >= 0.3 is 5.97 Å². The lowest BCUT2D eigenvalue weighted by Gasteiger charge is -2.13. The molecule has 1 unspecified atom stereocenters. The molecule has 0 heterocycles. The molecule has 5 heteroatoms. The molecular formula is C15H21NO4. The van der Waals surface area contributed by atoms with Crippen molar-refractivity contribution >= 4 is 11.8 Å². The smallest absolute Gasteiger partial charge is 0.341 e. The van der Waals surface area contributed by atoms with E-state index in [0.29, 0.717) is 17.9 Å². The molecule has 0 saturated heterocycles. The number of nitrogens with two attached hydrogens (primary N) is 1. The van der Waals surface area contributed by atoms with E-state index < -0.39 is 12.0 Å². The maximum absolute atomic E-state index is 12.0. The zero-order valence-electron chi connectivity index (χ0n) is 12.1. The Morgan fingerprint density at radius 2 is 2.00 bits per heavy atom. The van der Waals surface area contributed by atoms with Gasteiger partial charge in [-0.05, 0) is 30.0 Å². The Morgan fingerprint density at radius 3 is 2.55 bits per heavy atom. The molecule has 5 nitrogen and oxygen atoms in total. The summed E-state index contributed by atoms with van der Waals surface area (Å²) in [5, 5.41) is 9.59. The van der Waals surface area contributed by atoms with E-state index in [0.717, 1.165) is 0 Å². The molecule has 1 aromatic rings. The van der Waals surface area contributed by atoms with Gasteiger partial charge in [0.1, 0.15) is 11.3 Å². The molecule has 0 spiro atoms. The first kappa shape index (κ1) is 16.2. The van der Waals surface area contributed by atoms with Crippen LogP contribution in [0.15, 0.2) is 18.2 Å². The van der Waals surface area contributed by atoms with Crippen LogP contribution < -0.4 is 5.73 Å². The van der Waals surface area contributed by atoms with Crippen LogP contribution in [-0.4, -0.2) is 30.0 Å². The van der Waals surface area contributed by atoms with Crippen LogP contribution in [0.25, 0.3) is 0 Å². The summed E-state index contributed by atoms with van der Waals surface area (Å²) in [6, 6.07) is 3.93. The second-order valence-corrected chi connectivity index (χ2v) is 5.22. The Hall–Kier alpha value is -1.88. The lowest BCUT2D eigenvalue weighted by molar-refractivity contribution is -0.120. The number of hydrogen-bond acceptors (Lipinski definition) is 5. The molecule has 1 rings (SSSR count). The minimum Gasteiger partial charge on any atom is -0.507 e. The predicted octanol–water partition coefficient (Wildman–Crippen LogP) is 1.66. The molecule has 0 fully saturated rings. The highest BCUT2D eigenvalue weighted by atomic mass is 16.5. The second kappa shape index (κ2) is 7.05. The molecule has 0 amide bonds. The molecule has 0 saturated carbocycles. The van der Waals surface area contributed by atoms with Gasteiger partial charge in [-0.15, -0.1) is 0 Å². The van der Waals surface area contributed by atoms with Crippen LogP contribution in [0.5, 0.6) is 5.75 Å².